The van der Waals surface area contributed by atoms with Crippen LogP contribution in [-0.2, 0) is 26.2 Å². The van der Waals surface area contributed by atoms with E-state index >= 15 is 0 Å². The minimum atomic E-state index is -4.04. The molecule has 0 aromatic heterocycles. The summed E-state index contributed by atoms with van der Waals surface area (Å²) in [5, 5.41) is 2.58. The first kappa shape index (κ1) is 26.0. The molecule has 0 unspecified atom stereocenters. The van der Waals surface area contributed by atoms with Crippen LogP contribution in [0.5, 0.6) is 0 Å². The van der Waals surface area contributed by atoms with Crippen LogP contribution < -0.4 is 9.62 Å². The molecule has 3 aromatic rings. The summed E-state index contributed by atoms with van der Waals surface area (Å²) in [6, 6.07) is 21.8. The summed E-state index contributed by atoms with van der Waals surface area (Å²) in [6.07, 6.45) is 0. The van der Waals surface area contributed by atoms with E-state index in [9.17, 15) is 18.0 Å². The van der Waals surface area contributed by atoms with Crippen LogP contribution in [0.1, 0.15) is 23.6 Å². The van der Waals surface area contributed by atoms with Gasteiger partial charge < -0.3 is 10.2 Å². The Kier molecular flexibility index (Phi) is 8.30. The maximum absolute atomic E-state index is 13.7. The predicted molar refractivity (Wildman–Crippen MR) is 137 cm³/mol. The van der Waals surface area contributed by atoms with Crippen molar-refractivity contribution in [2.75, 3.05) is 17.9 Å². The molecule has 0 aliphatic rings. The molecule has 0 saturated heterocycles. The van der Waals surface area contributed by atoms with Crippen LogP contribution in [0.15, 0.2) is 83.8 Å². The minimum absolute atomic E-state index is 0.0816. The van der Waals surface area contributed by atoms with Crippen molar-refractivity contribution in [1.82, 2.24) is 10.2 Å². The van der Waals surface area contributed by atoms with Gasteiger partial charge in [-0.3, -0.25) is 13.9 Å². The van der Waals surface area contributed by atoms with E-state index in [2.05, 4.69) is 5.32 Å². The third-order valence-corrected chi connectivity index (χ3v) is 7.74. The standard InChI is InChI=1S/C27H31N3O4S/c1-20-14-16-24(17-15-20)30(35(33,34)25-12-6-5-7-13-25)19-26(31)29(22(3)27(32)28-4)18-23-11-9-8-10-21(23)2/h5-17,22H,18-19H2,1-4H3,(H,28,32)/t22-/m1/s1. The van der Waals surface area contributed by atoms with Crippen molar-refractivity contribution in [1.29, 1.82) is 0 Å². The second kappa shape index (κ2) is 11.2. The zero-order valence-corrected chi connectivity index (χ0v) is 21.2. The normalized spacial score (nSPS) is 12.0. The highest BCUT2D eigenvalue weighted by molar-refractivity contribution is 7.92. The quantitative estimate of drug-likeness (QED) is 0.493. The van der Waals surface area contributed by atoms with Gasteiger partial charge in [0.1, 0.15) is 12.6 Å². The highest BCUT2D eigenvalue weighted by Crippen LogP contribution is 2.25. The number of amides is 2. The van der Waals surface area contributed by atoms with E-state index in [-0.39, 0.29) is 17.3 Å². The van der Waals surface area contributed by atoms with Crippen LogP contribution in [0.3, 0.4) is 0 Å². The van der Waals surface area contributed by atoms with Crippen LogP contribution in [0, 0.1) is 13.8 Å². The molecule has 8 heteroatoms. The largest absolute Gasteiger partial charge is 0.357 e. The average molecular weight is 494 g/mol. The van der Waals surface area contributed by atoms with Gasteiger partial charge in [0.15, 0.2) is 0 Å². The summed E-state index contributed by atoms with van der Waals surface area (Å²) in [5.74, 6) is -0.816. The summed E-state index contributed by atoms with van der Waals surface area (Å²) < 4.78 is 28.4. The first-order chi connectivity index (χ1) is 16.6. The fourth-order valence-corrected chi connectivity index (χ4v) is 5.16. The Hall–Kier alpha value is -3.65. The Bertz CT molecular complexity index is 1280. The number of nitrogens with one attached hydrogen (secondary N) is 1. The number of carbonyl (C=O) groups excluding carboxylic acids is 2. The van der Waals surface area contributed by atoms with Crippen LogP contribution in [-0.4, -0.2) is 44.8 Å². The van der Waals surface area contributed by atoms with E-state index in [1.54, 1.807) is 49.4 Å². The maximum atomic E-state index is 13.7. The lowest BCUT2D eigenvalue weighted by molar-refractivity contribution is -0.139. The van der Waals surface area contributed by atoms with Crippen molar-refractivity contribution in [3.8, 4) is 0 Å². The van der Waals surface area contributed by atoms with Gasteiger partial charge in [0, 0.05) is 13.6 Å². The molecule has 2 amide bonds. The van der Waals surface area contributed by atoms with Gasteiger partial charge >= 0.3 is 0 Å². The summed E-state index contributed by atoms with van der Waals surface area (Å²) in [4.78, 5) is 27.7. The fourth-order valence-electron chi connectivity index (χ4n) is 3.72. The SMILES string of the molecule is CNC(=O)[C@@H](C)N(Cc1ccccc1C)C(=O)CN(c1ccc(C)cc1)S(=O)(=O)c1ccccc1. The van der Waals surface area contributed by atoms with Gasteiger partial charge in [-0.2, -0.15) is 0 Å². The second-order valence-electron chi connectivity index (χ2n) is 8.40. The smallest absolute Gasteiger partial charge is 0.264 e. The van der Waals surface area contributed by atoms with Crippen molar-refractivity contribution in [3.05, 3.63) is 95.6 Å². The molecule has 0 bridgehead atoms. The fraction of sp³-hybridized carbons (Fsp3) is 0.259. The summed E-state index contributed by atoms with van der Waals surface area (Å²) in [6.45, 7) is 5.19. The first-order valence-electron chi connectivity index (χ1n) is 11.3. The number of benzene rings is 3. The van der Waals surface area contributed by atoms with E-state index in [0.717, 1.165) is 21.0 Å². The number of rotatable bonds is 9. The summed E-state index contributed by atoms with van der Waals surface area (Å²) >= 11 is 0. The number of carbonyl (C=O) groups is 2. The van der Waals surface area contributed by atoms with E-state index in [1.807, 2.05) is 38.1 Å². The number of sulfonamides is 1. The van der Waals surface area contributed by atoms with Crippen LogP contribution in [0.2, 0.25) is 0 Å². The Labute approximate surface area is 207 Å². The predicted octanol–water partition coefficient (Wildman–Crippen LogP) is 3.66. The Morgan fingerprint density at radius 3 is 2.09 bits per heavy atom. The van der Waals surface area contributed by atoms with Crippen LogP contribution >= 0.6 is 0 Å². The molecule has 0 radical (unpaired) electrons. The van der Waals surface area contributed by atoms with Gasteiger partial charge in [-0.1, -0.05) is 60.2 Å². The molecule has 1 N–H and O–H groups in total. The zero-order valence-electron chi connectivity index (χ0n) is 20.4. The monoisotopic (exact) mass is 493 g/mol. The molecule has 0 saturated carbocycles. The molecule has 7 nitrogen and oxygen atoms in total. The topological polar surface area (TPSA) is 86.8 Å². The molecule has 0 spiro atoms. The van der Waals surface area contributed by atoms with Crippen molar-refractivity contribution in [2.24, 2.45) is 0 Å². The van der Waals surface area contributed by atoms with E-state index in [4.69, 9.17) is 0 Å². The number of aryl methyl sites for hydroxylation is 2. The van der Waals surface area contributed by atoms with Crippen LogP contribution in [0.4, 0.5) is 5.69 Å². The van der Waals surface area contributed by atoms with Gasteiger partial charge in [-0.05, 0) is 56.2 Å². The summed E-state index contributed by atoms with van der Waals surface area (Å²) in [5.41, 5.74) is 3.19. The van der Waals surface area contributed by atoms with Gasteiger partial charge in [-0.25, -0.2) is 8.42 Å². The molecular weight excluding hydrogens is 462 g/mol. The number of hydrogen-bond donors (Lipinski definition) is 1. The van der Waals surface area contributed by atoms with Crippen molar-refractivity contribution >= 4 is 27.5 Å². The molecule has 1 atom stereocenters. The zero-order chi connectivity index (χ0) is 25.6. The lowest BCUT2D eigenvalue weighted by Crippen LogP contribution is -2.50. The number of anilines is 1. The lowest BCUT2D eigenvalue weighted by atomic mass is 10.1. The van der Waals surface area contributed by atoms with E-state index < -0.39 is 28.5 Å². The Morgan fingerprint density at radius 2 is 1.49 bits per heavy atom. The number of hydrogen-bond acceptors (Lipinski definition) is 4. The third kappa shape index (κ3) is 6.08. The van der Waals surface area contributed by atoms with E-state index in [0.29, 0.717) is 5.69 Å². The molecule has 3 rings (SSSR count). The van der Waals surface area contributed by atoms with Crippen molar-refractivity contribution in [2.45, 2.75) is 38.3 Å². The molecular formula is C27H31N3O4S. The first-order valence-corrected chi connectivity index (χ1v) is 12.8. The molecule has 35 heavy (non-hydrogen) atoms. The average Bonchev–Trinajstić information content (AvgIpc) is 2.86. The van der Waals surface area contributed by atoms with Crippen molar-refractivity contribution < 1.29 is 18.0 Å². The van der Waals surface area contributed by atoms with E-state index in [1.165, 1.54) is 24.1 Å². The lowest BCUT2D eigenvalue weighted by Gasteiger charge is -2.32. The Balaban J connectivity index is 2.02. The second-order valence-corrected chi connectivity index (χ2v) is 10.3. The van der Waals surface area contributed by atoms with Gasteiger partial charge in [0.2, 0.25) is 11.8 Å². The Morgan fingerprint density at radius 1 is 0.886 bits per heavy atom. The number of likely N-dealkylation sites (N-methyl/N-ethyl adjacent to an activating group) is 1. The molecule has 0 heterocycles. The molecule has 3 aromatic carbocycles. The van der Waals surface area contributed by atoms with Crippen LogP contribution in [0.25, 0.3) is 0 Å². The molecule has 184 valence electrons. The number of nitrogens with zero attached hydrogens (tertiary/aromatic N) is 2. The molecule has 0 fully saturated rings. The van der Waals surface area contributed by atoms with Crippen molar-refractivity contribution in [3.63, 3.8) is 0 Å². The van der Waals surface area contributed by atoms with Gasteiger partial charge in [0.25, 0.3) is 10.0 Å². The highest BCUT2D eigenvalue weighted by Gasteiger charge is 2.32. The minimum Gasteiger partial charge on any atom is -0.357 e. The summed E-state index contributed by atoms with van der Waals surface area (Å²) in [7, 11) is -2.54. The third-order valence-electron chi connectivity index (χ3n) is 5.95. The highest BCUT2D eigenvalue weighted by atomic mass is 32.2. The molecule has 0 aliphatic heterocycles. The van der Waals surface area contributed by atoms with Gasteiger partial charge in [-0.15, -0.1) is 0 Å². The maximum Gasteiger partial charge on any atom is 0.264 e. The molecule has 0 aliphatic carbocycles. The van der Waals surface area contributed by atoms with Gasteiger partial charge in [0.05, 0.1) is 10.6 Å².